The van der Waals surface area contributed by atoms with Gasteiger partial charge in [-0.25, -0.2) is 8.78 Å². The van der Waals surface area contributed by atoms with E-state index in [9.17, 15) is 8.78 Å². The third-order valence-corrected chi connectivity index (χ3v) is 5.09. The highest BCUT2D eigenvalue weighted by atomic mass is 19.2. The first-order chi connectivity index (χ1) is 12.1. The summed E-state index contributed by atoms with van der Waals surface area (Å²) in [5.41, 5.74) is 3.41. The van der Waals surface area contributed by atoms with Gasteiger partial charge in [0.05, 0.1) is 5.57 Å². The summed E-state index contributed by atoms with van der Waals surface area (Å²) >= 11 is 0. The molecule has 4 rings (SSSR count). The molecule has 2 aliphatic heterocycles. The van der Waals surface area contributed by atoms with Crippen molar-refractivity contribution in [3.05, 3.63) is 75.8 Å². The number of benzene rings is 1. The van der Waals surface area contributed by atoms with Crippen molar-refractivity contribution in [3.8, 4) is 0 Å². The molecule has 0 saturated carbocycles. The van der Waals surface area contributed by atoms with Gasteiger partial charge in [-0.05, 0) is 55.8 Å². The number of hydrogen-bond acceptors (Lipinski definition) is 0. The first-order valence-corrected chi connectivity index (χ1v) is 8.36. The Kier molecular flexibility index (Phi) is 3.39. The van der Waals surface area contributed by atoms with Gasteiger partial charge in [-0.15, -0.1) is 0 Å². The predicted octanol–water partition coefficient (Wildman–Crippen LogP) is 4.81. The minimum Gasteiger partial charge on any atom is -0.393 e. The summed E-state index contributed by atoms with van der Waals surface area (Å²) in [7, 11) is 0. The van der Waals surface area contributed by atoms with E-state index in [1.165, 1.54) is 12.1 Å². The van der Waals surface area contributed by atoms with Gasteiger partial charge >= 0.3 is 6.97 Å². The van der Waals surface area contributed by atoms with Crippen LogP contribution in [0.15, 0.2) is 41.6 Å². The molecule has 2 aromatic rings. The average Bonchev–Trinajstić information content (AvgIpc) is 2.96. The lowest BCUT2D eigenvalue weighted by molar-refractivity contribution is -0.363. The Hall–Kier alpha value is -2.57. The van der Waals surface area contributed by atoms with Gasteiger partial charge in [-0.2, -0.15) is 0 Å². The second-order valence-electron chi connectivity index (χ2n) is 7.00. The van der Waals surface area contributed by atoms with Crippen molar-refractivity contribution >= 4 is 18.3 Å². The molecule has 0 radical (unpaired) electrons. The molecule has 0 fully saturated rings. The van der Waals surface area contributed by atoms with E-state index in [1.807, 2.05) is 0 Å². The number of aryl methyl sites for hydroxylation is 2. The van der Waals surface area contributed by atoms with Gasteiger partial charge in [-0.1, -0.05) is 0 Å². The van der Waals surface area contributed by atoms with Crippen LogP contribution in [-0.2, 0) is 0 Å². The van der Waals surface area contributed by atoms with E-state index in [4.69, 9.17) is 0 Å². The minimum atomic E-state index is -4.10. The minimum absolute atomic E-state index is 0.249. The lowest BCUT2D eigenvalue weighted by Crippen LogP contribution is -2.51. The van der Waals surface area contributed by atoms with Gasteiger partial charge in [0.15, 0.2) is 5.70 Å². The molecule has 1 aromatic heterocycles. The van der Waals surface area contributed by atoms with E-state index < -0.39 is 18.6 Å². The Morgan fingerprint density at radius 3 is 2.15 bits per heavy atom. The summed E-state index contributed by atoms with van der Waals surface area (Å²) in [5.74, 6) is -1.48. The van der Waals surface area contributed by atoms with Crippen molar-refractivity contribution in [3.63, 3.8) is 0 Å². The van der Waals surface area contributed by atoms with E-state index in [1.54, 1.807) is 39.8 Å². The maximum atomic E-state index is 15.4. The number of hydrogen-bond donors (Lipinski definition) is 0. The summed E-state index contributed by atoms with van der Waals surface area (Å²) in [5, 5.41) is 0. The molecule has 3 heterocycles. The molecule has 0 bridgehead atoms. The van der Waals surface area contributed by atoms with Crippen LogP contribution in [-0.4, -0.2) is 21.6 Å². The lowest BCUT2D eigenvalue weighted by Gasteiger charge is -2.34. The van der Waals surface area contributed by atoms with Crippen molar-refractivity contribution in [1.82, 2.24) is 4.48 Å². The number of nitrogens with zero attached hydrogens (tertiary/aromatic N) is 2. The van der Waals surface area contributed by atoms with Crippen molar-refractivity contribution < 1.29 is 21.9 Å². The van der Waals surface area contributed by atoms with Crippen LogP contribution in [0.4, 0.5) is 17.4 Å². The fraction of sp³-hybridized carbons (Fsp3) is 0.211. The molecular weight excluding hydrogens is 343 g/mol. The smallest absolute Gasteiger partial charge is 0.393 e. The molecule has 7 heteroatoms. The molecule has 0 amide bonds. The maximum absolute atomic E-state index is 15.4. The van der Waals surface area contributed by atoms with Crippen LogP contribution in [0.3, 0.4) is 0 Å². The second-order valence-corrected chi connectivity index (χ2v) is 7.00. The average molecular weight is 360 g/mol. The first-order valence-electron chi connectivity index (χ1n) is 8.36. The molecule has 0 unspecified atom stereocenters. The van der Waals surface area contributed by atoms with E-state index in [2.05, 4.69) is 0 Å². The molecule has 0 N–H and O–H groups in total. The predicted molar refractivity (Wildman–Crippen MR) is 94.4 cm³/mol. The number of aromatic nitrogens is 1. The maximum Gasteiger partial charge on any atom is 0.737 e. The third-order valence-electron chi connectivity index (χ3n) is 5.09. The largest absolute Gasteiger partial charge is 0.737 e. The van der Waals surface area contributed by atoms with Crippen LogP contribution in [0.2, 0.25) is 0 Å². The van der Waals surface area contributed by atoms with E-state index in [0.29, 0.717) is 39.5 Å². The van der Waals surface area contributed by atoms with E-state index in [0.717, 1.165) is 15.0 Å². The van der Waals surface area contributed by atoms with Crippen molar-refractivity contribution in [2.75, 3.05) is 0 Å². The zero-order chi connectivity index (χ0) is 19.0. The van der Waals surface area contributed by atoms with Gasteiger partial charge in [0, 0.05) is 30.3 Å². The quantitative estimate of drug-likeness (QED) is 0.509. The van der Waals surface area contributed by atoms with E-state index >= 15 is 8.63 Å². The Bertz CT molecular complexity index is 1050. The van der Waals surface area contributed by atoms with Gasteiger partial charge in [0.2, 0.25) is 0 Å². The molecule has 2 aliphatic rings. The summed E-state index contributed by atoms with van der Waals surface area (Å²) in [4.78, 5) is 0. The van der Waals surface area contributed by atoms with Crippen molar-refractivity contribution in [2.45, 2.75) is 27.7 Å². The topological polar surface area (TPSA) is 7.94 Å². The van der Waals surface area contributed by atoms with Crippen LogP contribution in [0.5, 0.6) is 0 Å². The van der Waals surface area contributed by atoms with Gasteiger partial charge < -0.3 is 17.6 Å². The number of fused-ring (bicyclic) bond motifs is 2. The fourth-order valence-corrected chi connectivity index (χ4v) is 4.27. The van der Waals surface area contributed by atoms with Crippen LogP contribution >= 0.6 is 0 Å². The standard InChI is InChI=1S/C19H17BF4N2/c1-10-5-12(3)25-18(10)17(14-7-15(21)9-16(22)8-14)19-11(2)6-13(4)26(19)20(25,23)24/h5-9H,1-4H3. The molecular formula is C19H17BF4N2. The van der Waals surface area contributed by atoms with Gasteiger partial charge in [0.25, 0.3) is 0 Å². The Labute approximate surface area is 148 Å². The van der Waals surface area contributed by atoms with Crippen LogP contribution in [0.1, 0.15) is 36.4 Å². The zero-order valence-electron chi connectivity index (χ0n) is 14.9. The highest BCUT2D eigenvalue weighted by Crippen LogP contribution is 2.44. The SMILES string of the molecule is CC1=CC(C)=[N+]2C1=C(c1cc(F)cc(F)c1)c1c(C)cc(C)n1[B-]2(F)F. The molecule has 0 saturated heterocycles. The summed E-state index contributed by atoms with van der Waals surface area (Å²) in [6.07, 6.45) is 1.68. The van der Waals surface area contributed by atoms with Crippen molar-refractivity contribution in [1.29, 1.82) is 0 Å². The third kappa shape index (κ3) is 2.09. The summed E-state index contributed by atoms with van der Waals surface area (Å²) in [6.45, 7) is 2.62. The number of rotatable bonds is 1. The Morgan fingerprint density at radius 2 is 1.54 bits per heavy atom. The Balaban J connectivity index is 2.19. The lowest BCUT2D eigenvalue weighted by atomic mass is 9.84. The molecule has 0 spiro atoms. The normalized spacial score (nSPS) is 18.2. The molecule has 26 heavy (non-hydrogen) atoms. The second kappa shape index (κ2) is 5.22. The zero-order valence-corrected chi connectivity index (χ0v) is 14.9. The highest BCUT2D eigenvalue weighted by Gasteiger charge is 2.55. The van der Waals surface area contributed by atoms with Crippen LogP contribution in [0, 0.1) is 25.5 Å². The molecule has 1 aromatic carbocycles. The van der Waals surface area contributed by atoms with Gasteiger partial charge in [0.1, 0.15) is 17.3 Å². The Morgan fingerprint density at radius 1 is 0.923 bits per heavy atom. The van der Waals surface area contributed by atoms with Crippen molar-refractivity contribution in [2.24, 2.45) is 0 Å². The molecule has 134 valence electrons. The van der Waals surface area contributed by atoms with Gasteiger partial charge in [-0.3, -0.25) is 0 Å². The molecule has 0 aliphatic carbocycles. The molecule has 2 nitrogen and oxygen atoms in total. The monoisotopic (exact) mass is 360 g/mol. The molecule has 0 atom stereocenters. The van der Waals surface area contributed by atoms with Crippen LogP contribution in [0.25, 0.3) is 5.57 Å². The summed E-state index contributed by atoms with van der Waals surface area (Å²) in [6, 6.07) is 4.83. The fourth-order valence-electron chi connectivity index (χ4n) is 4.27. The first kappa shape index (κ1) is 16.9. The van der Waals surface area contributed by atoms with E-state index in [-0.39, 0.29) is 5.56 Å². The number of allylic oxidation sites excluding steroid dienone is 2. The highest BCUT2D eigenvalue weighted by molar-refractivity contribution is 6.58. The summed E-state index contributed by atoms with van der Waals surface area (Å²) < 4.78 is 60.6. The van der Waals surface area contributed by atoms with Crippen LogP contribution < -0.4 is 0 Å². The number of halogens is 4.